The number of aryl methyl sites for hydroxylation is 1. The summed E-state index contributed by atoms with van der Waals surface area (Å²) in [7, 11) is 1.92. The van der Waals surface area contributed by atoms with Crippen LogP contribution >= 0.6 is 0 Å². The Morgan fingerprint density at radius 2 is 1.78 bits per heavy atom. The third-order valence-corrected chi connectivity index (χ3v) is 6.79. The van der Waals surface area contributed by atoms with Gasteiger partial charge in [0.15, 0.2) is 0 Å². The molecule has 6 heteroatoms. The van der Waals surface area contributed by atoms with Gasteiger partial charge in [-0.15, -0.1) is 0 Å². The summed E-state index contributed by atoms with van der Waals surface area (Å²) >= 11 is 0. The number of fused-ring (bicyclic) bond motifs is 5. The van der Waals surface area contributed by atoms with Crippen LogP contribution in [0, 0.1) is 0 Å². The average molecular weight is 428 g/mol. The van der Waals surface area contributed by atoms with Gasteiger partial charge in [-0.2, -0.15) is 5.10 Å². The lowest BCUT2D eigenvalue weighted by atomic mass is 9.93. The van der Waals surface area contributed by atoms with Crippen LogP contribution in [-0.4, -0.2) is 52.7 Å². The SMILES string of the molecule is Cn1ccc(C2=CC3COCC(C2)N3C(=O)OCC2c3ccccc3-c3ccccc32)n1. The highest BCUT2D eigenvalue weighted by Gasteiger charge is 2.40. The molecule has 0 saturated carbocycles. The monoisotopic (exact) mass is 427 g/mol. The van der Waals surface area contributed by atoms with Gasteiger partial charge in [-0.25, -0.2) is 4.79 Å². The molecular formula is C26H25N3O3. The predicted molar refractivity (Wildman–Crippen MR) is 121 cm³/mol. The van der Waals surface area contributed by atoms with Crippen molar-refractivity contribution in [2.75, 3.05) is 19.8 Å². The van der Waals surface area contributed by atoms with Crippen molar-refractivity contribution in [3.63, 3.8) is 0 Å². The first-order valence-electron chi connectivity index (χ1n) is 11.1. The minimum absolute atomic E-state index is 0.0357. The lowest BCUT2D eigenvalue weighted by molar-refractivity contribution is -0.0332. The molecule has 2 atom stereocenters. The van der Waals surface area contributed by atoms with Gasteiger partial charge in [-0.1, -0.05) is 54.6 Å². The van der Waals surface area contributed by atoms with Crippen molar-refractivity contribution in [1.82, 2.24) is 14.7 Å². The third kappa shape index (κ3) is 3.14. The molecule has 32 heavy (non-hydrogen) atoms. The number of hydrogen-bond acceptors (Lipinski definition) is 4. The molecule has 6 rings (SSSR count). The Labute approximate surface area is 187 Å². The summed E-state index contributed by atoms with van der Waals surface area (Å²) in [6, 6.07) is 18.6. The molecule has 2 bridgehead atoms. The summed E-state index contributed by atoms with van der Waals surface area (Å²) < 4.78 is 13.5. The van der Waals surface area contributed by atoms with Crippen LogP contribution in [0.4, 0.5) is 4.79 Å². The molecule has 0 spiro atoms. The Hall–Kier alpha value is -3.38. The van der Waals surface area contributed by atoms with E-state index in [-0.39, 0.29) is 24.1 Å². The molecule has 2 aromatic carbocycles. The molecule has 6 nitrogen and oxygen atoms in total. The van der Waals surface area contributed by atoms with Crippen molar-refractivity contribution < 1.29 is 14.3 Å². The van der Waals surface area contributed by atoms with Crippen LogP contribution in [0.3, 0.4) is 0 Å². The second-order valence-electron chi connectivity index (χ2n) is 8.74. The number of hydrogen-bond donors (Lipinski definition) is 0. The Morgan fingerprint density at radius 1 is 1.06 bits per heavy atom. The van der Waals surface area contributed by atoms with E-state index < -0.39 is 0 Å². The summed E-state index contributed by atoms with van der Waals surface area (Å²) in [6.07, 6.45) is 4.51. The zero-order valence-corrected chi connectivity index (χ0v) is 18.0. The zero-order valence-electron chi connectivity index (χ0n) is 18.0. The number of ether oxygens (including phenoxy) is 2. The van der Waals surface area contributed by atoms with Gasteiger partial charge in [0.1, 0.15) is 6.61 Å². The molecule has 1 fully saturated rings. The zero-order chi connectivity index (χ0) is 21.7. The van der Waals surface area contributed by atoms with Crippen molar-refractivity contribution in [2.45, 2.75) is 24.4 Å². The summed E-state index contributed by atoms with van der Waals surface area (Å²) in [5, 5.41) is 4.54. The molecule has 0 radical (unpaired) electrons. The van der Waals surface area contributed by atoms with E-state index in [2.05, 4.69) is 59.7 Å². The fourth-order valence-electron chi connectivity index (χ4n) is 5.33. The van der Waals surface area contributed by atoms with Crippen LogP contribution in [0.5, 0.6) is 0 Å². The Bertz CT molecular complexity index is 1170. The lowest BCUT2D eigenvalue weighted by Crippen LogP contribution is -2.56. The summed E-state index contributed by atoms with van der Waals surface area (Å²) in [5.41, 5.74) is 7.05. The number of morpholine rings is 1. The second kappa shape index (κ2) is 7.64. The first-order chi connectivity index (χ1) is 15.7. The number of carbonyl (C=O) groups excluding carboxylic acids is 1. The first-order valence-corrected chi connectivity index (χ1v) is 11.1. The molecule has 162 valence electrons. The van der Waals surface area contributed by atoms with Crippen molar-refractivity contribution in [3.05, 3.63) is 83.7 Å². The van der Waals surface area contributed by atoms with Gasteiger partial charge in [-0.05, 0) is 40.3 Å². The maximum absolute atomic E-state index is 13.2. The average Bonchev–Trinajstić information content (AvgIpc) is 3.38. The van der Waals surface area contributed by atoms with E-state index in [4.69, 9.17) is 9.47 Å². The molecule has 3 aromatic rings. The van der Waals surface area contributed by atoms with E-state index in [1.807, 2.05) is 24.2 Å². The van der Waals surface area contributed by atoms with Gasteiger partial charge in [0, 0.05) is 19.2 Å². The fourth-order valence-corrected chi connectivity index (χ4v) is 5.33. The van der Waals surface area contributed by atoms with Crippen molar-refractivity contribution in [3.8, 4) is 11.1 Å². The molecule has 2 aliphatic heterocycles. The van der Waals surface area contributed by atoms with Crippen LogP contribution in [-0.2, 0) is 16.5 Å². The standard InChI is InChI=1S/C26H25N3O3/c1-28-11-10-25(27-28)17-12-18-14-31-15-19(13-17)29(18)26(30)32-16-24-22-8-4-2-6-20(22)21-7-3-5-9-23(21)24/h2-12,18-19,24H,13-16H2,1H3. The number of amides is 1. The van der Waals surface area contributed by atoms with Crippen molar-refractivity contribution in [2.24, 2.45) is 7.05 Å². The Balaban J connectivity index is 1.22. The maximum atomic E-state index is 13.2. The minimum Gasteiger partial charge on any atom is -0.448 e. The number of benzene rings is 2. The molecule has 1 saturated heterocycles. The second-order valence-corrected chi connectivity index (χ2v) is 8.74. The van der Waals surface area contributed by atoms with E-state index in [1.165, 1.54) is 27.8 Å². The molecule has 0 N–H and O–H groups in total. The maximum Gasteiger partial charge on any atom is 0.410 e. The minimum atomic E-state index is -0.263. The van der Waals surface area contributed by atoms with E-state index in [1.54, 1.807) is 4.68 Å². The van der Waals surface area contributed by atoms with Crippen LogP contribution in [0.15, 0.2) is 66.9 Å². The number of carbonyl (C=O) groups is 1. The molecule has 2 unspecified atom stereocenters. The highest BCUT2D eigenvalue weighted by molar-refractivity contribution is 5.79. The van der Waals surface area contributed by atoms with Crippen molar-refractivity contribution >= 4 is 11.7 Å². The van der Waals surface area contributed by atoms with Crippen LogP contribution in [0.2, 0.25) is 0 Å². The van der Waals surface area contributed by atoms with E-state index >= 15 is 0 Å². The topological polar surface area (TPSA) is 56.6 Å². The van der Waals surface area contributed by atoms with Crippen LogP contribution in [0.1, 0.15) is 29.2 Å². The number of nitrogens with zero attached hydrogens (tertiary/aromatic N) is 3. The summed E-state index contributed by atoms with van der Waals surface area (Å²) in [6.45, 7) is 1.34. The molecule has 1 amide bonds. The van der Waals surface area contributed by atoms with Gasteiger partial charge in [0.05, 0.1) is 31.0 Å². The molecule has 3 aliphatic rings. The smallest absolute Gasteiger partial charge is 0.410 e. The highest BCUT2D eigenvalue weighted by atomic mass is 16.6. The van der Waals surface area contributed by atoms with Gasteiger partial charge < -0.3 is 9.47 Å². The molecule has 1 aromatic heterocycles. The summed E-state index contributed by atoms with van der Waals surface area (Å²) in [4.78, 5) is 15.1. The van der Waals surface area contributed by atoms with Crippen molar-refractivity contribution in [1.29, 1.82) is 0 Å². The largest absolute Gasteiger partial charge is 0.448 e. The van der Waals surface area contributed by atoms with E-state index in [0.29, 0.717) is 19.8 Å². The molecular weight excluding hydrogens is 402 g/mol. The molecule has 1 aliphatic carbocycles. The van der Waals surface area contributed by atoms with Crippen LogP contribution in [0.25, 0.3) is 16.7 Å². The predicted octanol–water partition coefficient (Wildman–Crippen LogP) is 4.23. The van der Waals surface area contributed by atoms with Crippen LogP contribution < -0.4 is 0 Å². The van der Waals surface area contributed by atoms with Gasteiger partial charge >= 0.3 is 6.09 Å². The quantitative estimate of drug-likeness (QED) is 0.628. The van der Waals surface area contributed by atoms with E-state index in [9.17, 15) is 4.79 Å². The first kappa shape index (κ1) is 19.3. The third-order valence-electron chi connectivity index (χ3n) is 6.79. The normalized spacial score (nSPS) is 21.7. The molecule has 3 heterocycles. The van der Waals surface area contributed by atoms with Gasteiger partial charge in [0.2, 0.25) is 0 Å². The van der Waals surface area contributed by atoms with E-state index in [0.717, 1.165) is 12.1 Å². The highest BCUT2D eigenvalue weighted by Crippen LogP contribution is 2.44. The number of aromatic nitrogens is 2. The summed E-state index contributed by atoms with van der Waals surface area (Å²) in [5.74, 6) is 0.0619. The fraction of sp³-hybridized carbons (Fsp3) is 0.308. The van der Waals surface area contributed by atoms with Gasteiger partial charge in [-0.3, -0.25) is 9.58 Å². The Kier molecular flexibility index (Phi) is 4.61. The lowest BCUT2D eigenvalue weighted by Gasteiger charge is -2.43. The number of rotatable bonds is 3. The Morgan fingerprint density at radius 3 is 2.44 bits per heavy atom. The van der Waals surface area contributed by atoms with Gasteiger partial charge in [0.25, 0.3) is 0 Å².